The first-order valence-electron chi connectivity index (χ1n) is 7.53. The number of hydrogen-bond acceptors (Lipinski definition) is 4. The van der Waals surface area contributed by atoms with Gasteiger partial charge in [-0.3, -0.25) is 4.90 Å². The van der Waals surface area contributed by atoms with E-state index in [1.807, 2.05) is 0 Å². The van der Waals surface area contributed by atoms with Gasteiger partial charge in [0.2, 0.25) is 0 Å². The Morgan fingerprint density at radius 3 is 2.22 bits per heavy atom. The monoisotopic (exact) mass is 349 g/mol. The van der Waals surface area contributed by atoms with Gasteiger partial charge in [-0.2, -0.15) is 0 Å². The van der Waals surface area contributed by atoms with Gasteiger partial charge in [0.05, 0.1) is 11.5 Å². The zero-order valence-electron chi connectivity index (χ0n) is 12.4. The van der Waals surface area contributed by atoms with Crippen molar-refractivity contribution in [2.75, 3.05) is 11.5 Å². The van der Waals surface area contributed by atoms with E-state index in [2.05, 4.69) is 9.64 Å². The molecule has 0 aromatic heterocycles. The van der Waals surface area contributed by atoms with Gasteiger partial charge in [-0.25, -0.2) is 8.42 Å². The zero-order valence-corrected chi connectivity index (χ0v) is 13.2. The van der Waals surface area contributed by atoms with Crippen LogP contribution >= 0.6 is 0 Å². The van der Waals surface area contributed by atoms with Crippen molar-refractivity contribution in [1.82, 2.24) is 4.90 Å². The minimum Gasteiger partial charge on any atom is -0.406 e. The maximum atomic E-state index is 12.2. The van der Waals surface area contributed by atoms with Crippen molar-refractivity contribution in [2.24, 2.45) is 0 Å². The summed E-state index contributed by atoms with van der Waals surface area (Å²) in [6.45, 7) is 0.553. The summed E-state index contributed by atoms with van der Waals surface area (Å²) in [5, 5.41) is 0. The van der Waals surface area contributed by atoms with E-state index >= 15 is 0 Å². The number of nitrogens with zero attached hydrogens (tertiary/aromatic N) is 1. The fraction of sp³-hybridized carbons (Fsp3) is 0.600. The molecule has 0 spiro atoms. The van der Waals surface area contributed by atoms with Gasteiger partial charge in [0.15, 0.2) is 9.84 Å². The lowest BCUT2D eigenvalue weighted by Gasteiger charge is -2.28. The lowest BCUT2D eigenvalue weighted by molar-refractivity contribution is -0.274. The highest BCUT2D eigenvalue weighted by atomic mass is 32.2. The summed E-state index contributed by atoms with van der Waals surface area (Å²) >= 11 is 0. The molecule has 4 nitrogen and oxygen atoms in total. The predicted octanol–water partition coefficient (Wildman–Crippen LogP) is 2.74. The van der Waals surface area contributed by atoms with Gasteiger partial charge >= 0.3 is 6.36 Å². The van der Waals surface area contributed by atoms with Crippen LogP contribution in [0.4, 0.5) is 13.2 Å². The topological polar surface area (TPSA) is 46.6 Å². The third kappa shape index (κ3) is 4.60. The molecule has 1 saturated carbocycles. The first-order valence-corrected chi connectivity index (χ1v) is 9.35. The van der Waals surface area contributed by atoms with Crippen molar-refractivity contribution in [3.8, 4) is 5.75 Å². The quantitative estimate of drug-likeness (QED) is 0.820. The molecule has 1 unspecified atom stereocenters. The number of rotatable bonds is 5. The van der Waals surface area contributed by atoms with E-state index in [9.17, 15) is 21.6 Å². The van der Waals surface area contributed by atoms with Crippen LogP contribution in [0.15, 0.2) is 24.3 Å². The zero-order chi connectivity index (χ0) is 16.7. The molecule has 1 aliphatic carbocycles. The molecule has 0 bridgehead atoms. The van der Waals surface area contributed by atoms with E-state index < -0.39 is 16.2 Å². The van der Waals surface area contributed by atoms with Gasteiger partial charge in [-0.15, -0.1) is 13.2 Å². The van der Waals surface area contributed by atoms with Crippen LogP contribution in [0.25, 0.3) is 0 Å². The number of benzene rings is 1. The minimum absolute atomic E-state index is 0.0126. The SMILES string of the molecule is O=S1(=O)CCC(N(Cc2ccc(OC(F)(F)F)cc2)C2CC2)C1. The fourth-order valence-corrected chi connectivity index (χ4v) is 4.75. The molecule has 2 aliphatic rings. The van der Waals surface area contributed by atoms with Gasteiger partial charge in [-0.1, -0.05) is 12.1 Å². The minimum atomic E-state index is -4.69. The molecular weight excluding hydrogens is 331 g/mol. The Morgan fingerprint density at radius 1 is 1.09 bits per heavy atom. The van der Waals surface area contributed by atoms with E-state index in [0.29, 0.717) is 19.0 Å². The summed E-state index contributed by atoms with van der Waals surface area (Å²) in [7, 11) is -2.95. The number of hydrogen-bond donors (Lipinski definition) is 0. The highest BCUT2D eigenvalue weighted by Gasteiger charge is 2.39. The molecule has 2 fully saturated rings. The average molecular weight is 349 g/mol. The average Bonchev–Trinajstić information content (AvgIpc) is 3.20. The van der Waals surface area contributed by atoms with Crippen molar-refractivity contribution in [1.29, 1.82) is 0 Å². The van der Waals surface area contributed by atoms with Crippen LogP contribution in [0.2, 0.25) is 0 Å². The van der Waals surface area contributed by atoms with Crippen molar-refractivity contribution in [3.63, 3.8) is 0 Å². The van der Waals surface area contributed by atoms with E-state index in [4.69, 9.17) is 0 Å². The largest absolute Gasteiger partial charge is 0.573 e. The van der Waals surface area contributed by atoms with Crippen LogP contribution < -0.4 is 4.74 Å². The van der Waals surface area contributed by atoms with E-state index in [1.54, 1.807) is 12.1 Å². The Balaban J connectivity index is 1.66. The van der Waals surface area contributed by atoms with Crippen LogP contribution in [-0.4, -0.2) is 43.3 Å². The second kappa shape index (κ2) is 5.98. The lowest BCUT2D eigenvalue weighted by atomic mass is 10.1. The molecular formula is C15H18F3NO3S. The van der Waals surface area contributed by atoms with Crippen molar-refractivity contribution in [3.05, 3.63) is 29.8 Å². The highest BCUT2D eigenvalue weighted by Crippen LogP contribution is 2.34. The second-order valence-corrected chi connectivity index (χ2v) is 8.38. The number of sulfone groups is 1. The Hall–Kier alpha value is -1.28. The lowest BCUT2D eigenvalue weighted by Crippen LogP contribution is -2.37. The number of alkyl halides is 3. The summed E-state index contributed by atoms with van der Waals surface area (Å²) in [6, 6.07) is 6.18. The smallest absolute Gasteiger partial charge is 0.406 e. The summed E-state index contributed by atoms with van der Waals surface area (Å²) in [4.78, 5) is 2.18. The maximum absolute atomic E-state index is 12.2. The Labute approximate surface area is 133 Å². The summed E-state index contributed by atoms with van der Waals surface area (Å²) < 4.78 is 63.7. The molecule has 1 atom stereocenters. The van der Waals surface area contributed by atoms with Gasteiger partial charge in [0, 0.05) is 18.6 Å². The summed E-state index contributed by atoms with van der Waals surface area (Å²) in [5.41, 5.74) is 0.857. The molecule has 0 amide bonds. The third-order valence-corrected chi connectivity index (χ3v) is 5.97. The summed E-state index contributed by atoms with van der Waals surface area (Å²) in [5.74, 6) is 0.153. The van der Waals surface area contributed by atoms with Crippen LogP contribution in [0.1, 0.15) is 24.8 Å². The van der Waals surface area contributed by atoms with Crippen LogP contribution in [0, 0.1) is 0 Å². The molecule has 0 N–H and O–H groups in total. The maximum Gasteiger partial charge on any atom is 0.573 e. The molecule has 1 aromatic carbocycles. The Morgan fingerprint density at radius 2 is 1.74 bits per heavy atom. The summed E-state index contributed by atoms with van der Waals surface area (Å²) in [6.07, 6.45) is -1.97. The van der Waals surface area contributed by atoms with Crippen LogP contribution in [0.3, 0.4) is 0 Å². The van der Waals surface area contributed by atoms with Gasteiger partial charge < -0.3 is 4.74 Å². The standard InChI is InChI=1S/C15H18F3NO3S/c16-15(17,18)22-14-5-1-11(2-6-14)9-19(12-3-4-12)13-7-8-23(20,21)10-13/h1-2,5-6,12-13H,3-4,7-10H2. The van der Waals surface area contributed by atoms with Crippen LogP contribution in [0.5, 0.6) is 5.75 Å². The second-order valence-electron chi connectivity index (χ2n) is 6.15. The third-order valence-electron chi connectivity index (χ3n) is 4.22. The molecule has 1 heterocycles. The van der Waals surface area contributed by atoms with Crippen molar-refractivity contribution < 1.29 is 26.3 Å². The van der Waals surface area contributed by atoms with Gasteiger partial charge in [-0.05, 0) is 37.0 Å². The van der Waals surface area contributed by atoms with E-state index in [1.165, 1.54) is 12.1 Å². The van der Waals surface area contributed by atoms with Gasteiger partial charge in [0.25, 0.3) is 0 Å². The molecule has 8 heteroatoms. The van der Waals surface area contributed by atoms with E-state index in [-0.39, 0.29) is 23.3 Å². The molecule has 23 heavy (non-hydrogen) atoms. The molecule has 0 radical (unpaired) electrons. The molecule has 1 saturated heterocycles. The number of ether oxygens (including phenoxy) is 1. The fourth-order valence-electron chi connectivity index (χ4n) is 3.01. The molecule has 1 aromatic rings. The van der Waals surface area contributed by atoms with Crippen molar-refractivity contribution >= 4 is 9.84 Å². The Kier molecular flexibility index (Phi) is 4.31. The van der Waals surface area contributed by atoms with Gasteiger partial charge in [0.1, 0.15) is 5.75 Å². The normalized spacial score (nSPS) is 24.1. The Bertz CT molecular complexity index is 654. The number of halogens is 3. The highest BCUT2D eigenvalue weighted by molar-refractivity contribution is 7.91. The molecule has 3 rings (SSSR count). The molecule has 1 aliphatic heterocycles. The first kappa shape index (κ1) is 16.6. The first-order chi connectivity index (χ1) is 10.7. The van der Waals surface area contributed by atoms with Crippen LogP contribution in [-0.2, 0) is 16.4 Å². The molecule has 128 valence electrons. The van der Waals surface area contributed by atoms with Crippen molar-refractivity contribution in [2.45, 2.75) is 44.3 Å². The van der Waals surface area contributed by atoms with E-state index in [0.717, 1.165) is 18.4 Å². The predicted molar refractivity (Wildman–Crippen MR) is 78.7 cm³/mol.